The first-order valence-electron chi connectivity index (χ1n) is 0. The first kappa shape index (κ1) is 207. The molecule has 0 N–H and O–H groups in total. The fraction of sp³-hybridized carbons (Fsp3) is 0. The van der Waals surface area contributed by atoms with E-state index in [4.69, 9.17) is 0 Å². The Morgan fingerprint density at radius 1 is 0.273 bits per heavy atom. The molecular formula is Gd2O7Ru2. The van der Waals surface area contributed by atoms with E-state index in [0.29, 0.717) is 0 Å². The third-order valence-corrected chi connectivity index (χ3v) is 0. The standard InChI is InChI=1S/2Gd.7O.2Ru/q2*+3;7*-2;2*+4. The first-order valence-corrected chi connectivity index (χ1v) is 0. The Hall–Kier alpha value is 3.62. The molecule has 0 fully saturated rings. The monoisotopic (exact) mass is 632 g/mol. The third kappa shape index (κ3) is 141. The van der Waals surface area contributed by atoms with Crippen LogP contribution in [-0.2, 0) is 77.3 Å². The summed E-state index contributed by atoms with van der Waals surface area (Å²) in [5.41, 5.74) is 0. The average Bonchev–Trinajstić information content (AvgIpc) is 0. The molecule has 0 aromatic carbocycles. The summed E-state index contributed by atoms with van der Waals surface area (Å²) in [6.07, 6.45) is 0. The molecule has 0 saturated carbocycles. The van der Waals surface area contributed by atoms with Crippen molar-refractivity contribution in [2.45, 2.75) is 0 Å². The van der Waals surface area contributed by atoms with Crippen molar-refractivity contribution < 1.29 is 157 Å². The SMILES string of the molecule is [Gd+3].[Gd+3].[O-2].[O-2].[O-2].[O-2].[O-2].[O-2].[O-2].[Ru+4].[Ru+4]. The van der Waals surface area contributed by atoms with Gasteiger partial charge in [-0.25, -0.2) is 0 Å². The van der Waals surface area contributed by atoms with Gasteiger partial charge in [0.05, 0.1) is 0 Å². The van der Waals surface area contributed by atoms with Crippen LogP contribution < -0.4 is 0 Å². The molecule has 7 nitrogen and oxygen atoms in total. The zero-order valence-electron chi connectivity index (χ0n) is 4.27. The molecule has 0 saturated heterocycles. The quantitative estimate of drug-likeness (QED) is 0.302. The van der Waals surface area contributed by atoms with Crippen LogP contribution in [0.15, 0.2) is 0 Å². The molecule has 0 heterocycles. The molecule has 0 aromatic heterocycles. The maximum atomic E-state index is 0. The van der Waals surface area contributed by atoms with Gasteiger partial charge in [0.2, 0.25) is 0 Å². The Labute approximate surface area is 154 Å². The van der Waals surface area contributed by atoms with Gasteiger partial charge in [0.15, 0.2) is 0 Å². The zero-order chi connectivity index (χ0) is 0. The van der Waals surface area contributed by atoms with E-state index in [1.54, 1.807) is 0 Å². The van der Waals surface area contributed by atoms with Crippen molar-refractivity contribution >= 4 is 0 Å². The van der Waals surface area contributed by atoms with Crippen LogP contribution in [0.4, 0.5) is 0 Å². The Balaban J connectivity index is 0. The molecule has 0 rings (SSSR count). The molecule has 2 radical (unpaired) electrons. The van der Waals surface area contributed by atoms with E-state index in [0.717, 1.165) is 0 Å². The van der Waals surface area contributed by atoms with Crippen molar-refractivity contribution in [1.82, 2.24) is 0 Å². The summed E-state index contributed by atoms with van der Waals surface area (Å²) in [6.45, 7) is 0. The predicted molar refractivity (Wildman–Crippen MR) is 4.81 cm³/mol. The minimum Gasteiger partial charge on any atom is -2.00 e. The van der Waals surface area contributed by atoms with Crippen molar-refractivity contribution in [2.24, 2.45) is 0 Å². The van der Waals surface area contributed by atoms with Gasteiger partial charge in [-0.3, -0.25) is 0 Å². The van der Waals surface area contributed by atoms with E-state index in [1.165, 1.54) is 0 Å². The fourth-order valence-electron chi connectivity index (χ4n) is 0. The fourth-order valence-corrected chi connectivity index (χ4v) is 0. The van der Waals surface area contributed by atoms with Gasteiger partial charge in [0, 0.05) is 0 Å². The van der Waals surface area contributed by atoms with Gasteiger partial charge in [-0.05, 0) is 0 Å². The van der Waals surface area contributed by atoms with Crippen molar-refractivity contribution in [1.29, 1.82) is 0 Å². The minimum absolute atomic E-state index is 0. The average molecular weight is 629 g/mol. The molecule has 0 unspecified atom stereocenters. The van der Waals surface area contributed by atoms with Gasteiger partial charge >= 0.3 is 119 Å². The van der Waals surface area contributed by atoms with Crippen LogP contribution >= 0.6 is 0 Å². The van der Waals surface area contributed by atoms with E-state index in [1.807, 2.05) is 0 Å². The molecule has 74 valence electrons. The van der Waals surface area contributed by atoms with E-state index in [-0.39, 0.29) is 157 Å². The van der Waals surface area contributed by atoms with Crippen LogP contribution in [0.5, 0.6) is 0 Å². The summed E-state index contributed by atoms with van der Waals surface area (Å²) in [5, 5.41) is 0. The normalized spacial score (nSPS) is 0. The summed E-state index contributed by atoms with van der Waals surface area (Å²) in [5.74, 6) is 0. The van der Waals surface area contributed by atoms with E-state index >= 15 is 0 Å². The van der Waals surface area contributed by atoms with Crippen molar-refractivity contribution in [3.63, 3.8) is 0 Å². The molecule has 11 heavy (non-hydrogen) atoms. The smallest absolute Gasteiger partial charge is 2.00 e. The molecular weight excluding hydrogens is 629 g/mol. The molecule has 0 aliphatic rings. The van der Waals surface area contributed by atoms with Crippen molar-refractivity contribution in [2.75, 3.05) is 0 Å². The van der Waals surface area contributed by atoms with Crippen molar-refractivity contribution in [3.05, 3.63) is 0 Å². The summed E-state index contributed by atoms with van der Waals surface area (Å²) < 4.78 is 0. The van der Waals surface area contributed by atoms with Crippen LogP contribution in [0, 0.1) is 79.9 Å². The molecule has 0 amide bonds. The van der Waals surface area contributed by atoms with Gasteiger partial charge in [-0.2, -0.15) is 0 Å². The van der Waals surface area contributed by atoms with Gasteiger partial charge in [0.1, 0.15) is 0 Å². The summed E-state index contributed by atoms with van der Waals surface area (Å²) in [7, 11) is 0. The van der Waals surface area contributed by atoms with Gasteiger partial charge in [0.25, 0.3) is 0 Å². The van der Waals surface area contributed by atoms with E-state index in [2.05, 4.69) is 0 Å². The second kappa shape index (κ2) is 166. The molecule has 0 aromatic rings. The summed E-state index contributed by atoms with van der Waals surface area (Å²) >= 11 is 0. The van der Waals surface area contributed by atoms with Crippen LogP contribution in [0.2, 0.25) is 0 Å². The second-order valence-corrected chi connectivity index (χ2v) is 0. The number of hydrogen-bond acceptors (Lipinski definition) is 0. The summed E-state index contributed by atoms with van der Waals surface area (Å²) in [4.78, 5) is 0. The molecule has 0 aliphatic carbocycles. The maximum Gasteiger partial charge on any atom is 4.00 e. The second-order valence-electron chi connectivity index (χ2n) is 0. The zero-order valence-corrected chi connectivity index (χ0v) is 12.3. The van der Waals surface area contributed by atoms with Crippen LogP contribution in [0.1, 0.15) is 0 Å². The van der Waals surface area contributed by atoms with Crippen LogP contribution in [0.25, 0.3) is 0 Å². The predicted octanol–water partition coefficient (Wildman–Crippen LogP) is -0.837. The van der Waals surface area contributed by atoms with Gasteiger partial charge in [-0.15, -0.1) is 0 Å². The molecule has 0 aliphatic heterocycles. The Morgan fingerprint density at radius 3 is 0.273 bits per heavy atom. The first-order chi connectivity index (χ1) is 0. The Bertz CT molecular complexity index is 14.4. The maximum absolute atomic E-state index is 0. The van der Waals surface area contributed by atoms with Crippen LogP contribution in [0.3, 0.4) is 0 Å². The summed E-state index contributed by atoms with van der Waals surface area (Å²) in [6, 6.07) is 0. The molecule has 0 atom stereocenters. The van der Waals surface area contributed by atoms with Crippen LogP contribution in [-0.4, -0.2) is 0 Å². The Morgan fingerprint density at radius 2 is 0.273 bits per heavy atom. The number of rotatable bonds is 0. The molecule has 11 heteroatoms. The Kier molecular flexibility index (Phi) is 3120. The van der Waals surface area contributed by atoms with Gasteiger partial charge in [-0.1, -0.05) is 0 Å². The minimum atomic E-state index is 0. The third-order valence-electron chi connectivity index (χ3n) is 0. The van der Waals surface area contributed by atoms with Crippen molar-refractivity contribution in [3.8, 4) is 0 Å². The van der Waals surface area contributed by atoms with Gasteiger partial charge < -0.3 is 38.3 Å². The van der Waals surface area contributed by atoms with E-state index < -0.39 is 0 Å². The molecule has 0 spiro atoms. The molecule has 0 bridgehead atoms. The number of hydrogen-bond donors (Lipinski definition) is 0. The topological polar surface area (TPSA) is 200 Å². The van der Waals surface area contributed by atoms with E-state index in [9.17, 15) is 0 Å². The largest absolute Gasteiger partial charge is 4.00 e.